The number of amides is 2. The number of aliphatic hydroxyl groups is 1. The third-order valence-corrected chi connectivity index (χ3v) is 8.24. The van der Waals surface area contributed by atoms with Crippen molar-refractivity contribution < 1.29 is 33.6 Å². The van der Waals surface area contributed by atoms with Gasteiger partial charge in [0.15, 0.2) is 17.7 Å². The minimum atomic E-state index is -1.15. The number of hydrogen-bond donors (Lipinski definition) is 4. The van der Waals surface area contributed by atoms with Crippen molar-refractivity contribution in [3.05, 3.63) is 95.3 Å². The molecule has 3 aromatic carbocycles. The molecular formula is C32H31I2N5O7. The van der Waals surface area contributed by atoms with Gasteiger partial charge < -0.3 is 34.7 Å². The first-order chi connectivity index (χ1) is 22.1. The lowest BCUT2D eigenvalue weighted by atomic mass is 9.95. The number of nitrogens with zero attached hydrogens (tertiary/aromatic N) is 2. The molecule has 0 saturated heterocycles. The van der Waals surface area contributed by atoms with Crippen LogP contribution in [0.2, 0.25) is 0 Å². The molecule has 0 aromatic heterocycles. The van der Waals surface area contributed by atoms with Crippen molar-refractivity contribution in [2.24, 2.45) is 5.10 Å². The Hall–Kier alpha value is -4.08. The van der Waals surface area contributed by atoms with Crippen LogP contribution >= 0.6 is 45.2 Å². The van der Waals surface area contributed by atoms with Gasteiger partial charge in [0.1, 0.15) is 19.0 Å². The Morgan fingerprint density at radius 3 is 2.57 bits per heavy atom. The summed E-state index contributed by atoms with van der Waals surface area (Å²) in [6.45, 7) is 3.88. The van der Waals surface area contributed by atoms with E-state index in [9.17, 15) is 20.0 Å². The lowest BCUT2D eigenvalue weighted by molar-refractivity contribution is -0.136. The summed E-state index contributed by atoms with van der Waals surface area (Å²) in [7, 11) is 1.27. The second-order valence-electron chi connectivity index (χ2n) is 9.79. The highest BCUT2D eigenvalue weighted by Gasteiger charge is 2.32. The quantitative estimate of drug-likeness (QED) is 0.0619. The number of ether oxygens (including phenoxy) is 4. The Kier molecular flexibility index (Phi) is 12.5. The van der Waals surface area contributed by atoms with E-state index < -0.39 is 24.3 Å². The van der Waals surface area contributed by atoms with Crippen LogP contribution in [0.15, 0.2) is 71.0 Å². The zero-order valence-electron chi connectivity index (χ0n) is 25.1. The number of carbonyl (C=O) groups excluding carboxylic acids is 2. The number of carbonyl (C=O) groups is 2. The highest BCUT2D eigenvalue weighted by atomic mass is 127. The number of esters is 1. The number of allylic oxidation sites excluding steroid dienone is 1. The summed E-state index contributed by atoms with van der Waals surface area (Å²) in [4.78, 5) is 24.6. The van der Waals surface area contributed by atoms with Crippen LogP contribution in [0.1, 0.15) is 42.1 Å². The van der Waals surface area contributed by atoms with E-state index in [2.05, 4.69) is 72.4 Å². The van der Waals surface area contributed by atoms with Gasteiger partial charge in [0.2, 0.25) is 0 Å². The molecule has 4 N–H and O–H groups in total. The Morgan fingerprint density at radius 2 is 1.87 bits per heavy atom. The number of hydrazone groups is 1. The molecular weight excluding hydrogens is 820 g/mol. The zero-order valence-corrected chi connectivity index (χ0v) is 29.4. The topological polar surface area (TPSA) is 164 Å². The van der Waals surface area contributed by atoms with E-state index in [1.807, 2.05) is 37.3 Å². The fraction of sp³-hybridized carbons (Fsp3) is 0.250. The Morgan fingerprint density at radius 1 is 1.13 bits per heavy atom. The van der Waals surface area contributed by atoms with E-state index >= 15 is 0 Å². The van der Waals surface area contributed by atoms with Crippen LogP contribution in [0.25, 0.3) is 0 Å². The van der Waals surface area contributed by atoms with Gasteiger partial charge in [-0.3, -0.25) is 5.43 Å². The van der Waals surface area contributed by atoms with Gasteiger partial charge in [-0.1, -0.05) is 24.3 Å². The number of methoxy groups -OCH3 is 1. The lowest BCUT2D eigenvalue weighted by Crippen LogP contribution is -2.45. The molecule has 0 unspecified atom stereocenters. The van der Waals surface area contributed by atoms with Crippen LogP contribution in [0.4, 0.5) is 4.79 Å². The molecule has 1 aliphatic heterocycles. The predicted octanol–water partition coefficient (Wildman–Crippen LogP) is 4.87. The van der Waals surface area contributed by atoms with Gasteiger partial charge in [-0.2, -0.15) is 10.4 Å². The van der Waals surface area contributed by atoms with Crippen LogP contribution < -0.4 is 30.3 Å². The van der Waals surface area contributed by atoms with Gasteiger partial charge in [-0.15, -0.1) is 0 Å². The number of halogens is 2. The largest absolute Gasteiger partial charge is 0.490 e. The second kappa shape index (κ2) is 16.5. The van der Waals surface area contributed by atoms with E-state index in [1.54, 1.807) is 37.4 Å². The molecule has 0 aliphatic carbocycles. The third kappa shape index (κ3) is 8.79. The van der Waals surface area contributed by atoms with Crippen molar-refractivity contribution >= 4 is 63.4 Å². The molecule has 240 valence electrons. The molecule has 3 aromatic rings. The normalized spacial score (nSPS) is 15.0. The standard InChI is InChI=1S/C32H31I2N5O7/c1-4-44-26-13-20(29-28(31(41)43-3)18(2)37-32(42)38-29)9-10-25(26)45-17-27(40)39-36-15-19-11-23(33)30(24(34)12-19)46-16-22-8-6-5-7-21(22)14-35/h5-13,15,27,29,39-40H,4,16-17H2,1-3H3,(H2,37,38,42)/b36-15-/t27-,29+/m1/s1. The number of rotatable bonds is 13. The number of hydrogen-bond acceptors (Lipinski definition) is 10. The minimum absolute atomic E-state index is 0.153. The third-order valence-electron chi connectivity index (χ3n) is 6.64. The number of nitriles is 1. The SMILES string of the molecule is CCOc1cc([C@@H]2NC(=O)NC(C)=C2C(=O)OC)ccc1OC[C@@H](O)N/N=C\c1cc(I)c(OCc2ccccc2C#N)c(I)c1. The first kappa shape index (κ1) is 34.8. The molecule has 0 bridgehead atoms. The summed E-state index contributed by atoms with van der Waals surface area (Å²) >= 11 is 4.37. The summed E-state index contributed by atoms with van der Waals surface area (Å²) in [6, 6.07) is 17.1. The molecule has 1 aliphatic rings. The Labute approximate surface area is 293 Å². The number of nitrogens with one attached hydrogen (secondary N) is 3. The second-order valence-corrected chi connectivity index (χ2v) is 12.1. The van der Waals surface area contributed by atoms with Crippen molar-refractivity contribution in [3.63, 3.8) is 0 Å². The highest BCUT2D eigenvalue weighted by Crippen LogP contribution is 2.35. The van der Waals surface area contributed by atoms with Crippen LogP contribution in [-0.2, 0) is 16.1 Å². The average Bonchev–Trinajstić information content (AvgIpc) is 3.03. The number of aliphatic hydroxyl groups excluding tert-OH is 1. The van der Waals surface area contributed by atoms with Crippen molar-refractivity contribution in [3.8, 4) is 23.3 Å². The van der Waals surface area contributed by atoms with Crippen LogP contribution in [0.5, 0.6) is 17.2 Å². The van der Waals surface area contributed by atoms with Crippen molar-refractivity contribution in [2.45, 2.75) is 32.7 Å². The molecule has 2 atom stereocenters. The fourth-order valence-corrected chi connectivity index (χ4v) is 6.64. The molecule has 0 spiro atoms. The van der Waals surface area contributed by atoms with E-state index in [0.717, 1.165) is 18.3 Å². The molecule has 4 rings (SSSR count). The first-order valence-corrected chi connectivity index (χ1v) is 16.1. The average molecular weight is 851 g/mol. The van der Waals surface area contributed by atoms with Crippen molar-refractivity contribution in [1.82, 2.24) is 16.1 Å². The lowest BCUT2D eigenvalue weighted by Gasteiger charge is -2.28. The first-order valence-electron chi connectivity index (χ1n) is 14.0. The summed E-state index contributed by atoms with van der Waals surface area (Å²) in [5, 5.41) is 29.3. The van der Waals surface area contributed by atoms with E-state index in [-0.39, 0.29) is 18.8 Å². The maximum Gasteiger partial charge on any atom is 0.337 e. The van der Waals surface area contributed by atoms with Gasteiger partial charge in [0, 0.05) is 11.3 Å². The predicted molar refractivity (Wildman–Crippen MR) is 186 cm³/mol. The summed E-state index contributed by atoms with van der Waals surface area (Å²) in [6.07, 6.45) is 0.427. The van der Waals surface area contributed by atoms with Gasteiger partial charge in [0.05, 0.1) is 50.3 Å². The summed E-state index contributed by atoms with van der Waals surface area (Å²) in [5.74, 6) is 0.856. The van der Waals surface area contributed by atoms with Crippen LogP contribution in [-0.4, -0.2) is 49.9 Å². The maximum atomic E-state index is 12.5. The van der Waals surface area contributed by atoms with E-state index in [4.69, 9.17) is 18.9 Å². The Bertz CT molecular complexity index is 1680. The van der Waals surface area contributed by atoms with Crippen LogP contribution in [0, 0.1) is 18.5 Å². The van der Waals surface area contributed by atoms with Gasteiger partial charge >= 0.3 is 12.0 Å². The molecule has 12 nitrogen and oxygen atoms in total. The molecule has 1 heterocycles. The monoisotopic (exact) mass is 851 g/mol. The van der Waals surface area contributed by atoms with Crippen molar-refractivity contribution in [1.29, 1.82) is 5.26 Å². The summed E-state index contributed by atoms with van der Waals surface area (Å²) in [5.41, 5.74) is 6.05. The highest BCUT2D eigenvalue weighted by molar-refractivity contribution is 14.1. The smallest absolute Gasteiger partial charge is 0.337 e. The molecule has 2 amide bonds. The fourth-order valence-electron chi connectivity index (χ4n) is 4.52. The molecule has 0 fully saturated rings. The van der Waals surface area contributed by atoms with Gasteiger partial charge in [0.25, 0.3) is 0 Å². The molecule has 0 radical (unpaired) electrons. The van der Waals surface area contributed by atoms with Gasteiger partial charge in [-0.25, -0.2) is 9.59 Å². The van der Waals surface area contributed by atoms with E-state index in [1.165, 1.54) is 7.11 Å². The van der Waals surface area contributed by atoms with Crippen molar-refractivity contribution in [2.75, 3.05) is 20.3 Å². The van der Waals surface area contributed by atoms with Crippen LogP contribution in [0.3, 0.4) is 0 Å². The molecule has 46 heavy (non-hydrogen) atoms. The summed E-state index contributed by atoms with van der Waals surface area (Å²) < 4.78 is 24.3. The van der Waals surface area contributed by atoms with E-state index in [0.29, 0.717) is 40.7 Å². The van der Waals surface area contributed by atoms with Gasteiger partial charge in [-0.05, 0) is 100 Å². The minimum Gasteiger partial charge on any atom is -0.490 e. The maximum absolute atomic E-state index is 12.5. The zero-order chi connectivity index (χ0) is 33.2. The number of benzene rings is 3. The Balaban J connectivity index is 1.37. The number of urea groups is 1. The molecule has 14 heteroatoms. The molecule has 0 saturated carbocycles.